The summed E-state index contributed by atoms with van der Waals surface area (Å²) in [5.74, 6) is -0.895. The standard InChI is InChI=1S/C15H17NO2S/c1-3-11-6-7-19-14(11)9-16-13-5-4-10(2)8-12(13)15(17)18/h4-8,16H,3,9H2,1-2H3,(H,17,18). The minimum atomic E-state index is -0.895. The average Bonchev–Trinajstić information content (AvgIpc) is 2.84. The van der Waals surface area contributed by atoms with Gasteiger partial charge in [0.25, 0.3) is 0 Å². The van der Waals surface area contributed by atoms with E-state index in [1.165, 1.54) is 10.4 Å². The van der Waals surface area contributed by atoms with Crippen molar-refractivity contribution in [1.29, 1.82) is 0 Å². The van der Waals surface area contributed by atoms with E-state index in [4.69, 9.17) is 0 Å². The van der Waals surface area contributed by atoms with E-state index in [1.807, 2.05) is 19.1 Å². The van der Waals surface area contributed by atoms with Gasteiger partial charge in [-0.3, -0.25) is 0 Å². The predicted octanol–water partition coefficient (Wildman–Crippen LogP) is 3.93. The summed E-state index contributed by atoms with van der Waals surface area (Å²) in [6.07, 6.45) is 1.00. The number of hydrogen-bond acceptors (Lipinski definition) is 3. The minimum Gasteiger partial charge on any atom is -0.478 e. The van der Waals surface area contributed by atoms with Gasteiger partial charge in [0.15, 0.2) is 0 Å². The molecule has 1 aromatic heterocycles. The predicted molar refractivity (Wildman–Crippen MR) is 79.2 cm³/mol. The Morgan fingerprint density at radius 2 is 2.16 bits per heavy atom. The first-order valence-corrected chi connectivity index (χ1v) is 7.13. The van der Waals surface area contributed by atoms with E-state index < -0.39 is 5.97 Å². The zero-order valence-electron chi connectivity index (χ0n) is 11.1. The topological polar surface area (TPSA) is 49.3 Å². The molecule has 0 amide bonds. The number of rotatable bonds is 5. The number of carboxylic acid groups (broad SMARTS) is 1. The third-order valence-corrected chi connectivity index (χ3v) is 4.03. The van der Waals surface area contributed by atoms with Gasteiger partial charge in [0.05, 0.1) is 5.56 Å². The molecule has 0 aliphatic heterocycles. The molecule has 19 heavy (non-hydrogen) atoms. The van der Waals surface area contributed by atoms with Gasteiger partial charge in [0, 0.05) is 17.1 Å². The summed E-state index contributed by atoms with van der Waals surface area (Å²) in [5, 5.41) is 14.5. The molecule has 0 bridgehead atoms. The molecule has 0 atom stereocenters. The highest BCUT2D eigenvalue weighted by atomic mass is 32.1. The summed E-state index contributed by atoms with van der Waals surface area (Å²) in [6.45, 7) is 4.69. The molecule has 0 radical (unpaired) electrons. The Kier molecular flexibility index (Phi) is 4.22. The molecule has 1 heterocycles. The molecule has 4 heteroatoms. The summed E-state index contributed by atoms with van der Waals surface area (Å²) < 4.78 is 0. The van der Waals surface area contributed by atoms with Gasteiger partial charge in [-0.15, -0.1) is 11.3 Å². The van der Waals surface area contributed by atoms with Gasteiger partial charge in [0.1, 0.15) is 0 Å². The molecule has 0 unspecified atom stereocenters. The molecule has 2 rings (SSSR count). The molecule has 0 saturated heterocycles. The third-order valence-electron chi connectivity index (χ3n) is 3.06. The van der Waals surface area contributed by atoms with E-state index in [1.54, 1.807) is 17.4 Å². The van der Waals surface area contributed by atoms with Crippen LogP contribution in [-0.4, -0.2) is 11.1 Å². The van der Waals surface area contributed by atoms with Crippen LogP contribution in [0.15, 0.2) is 29.6 Å². The van der Waals surface area contributed by atoms with Gasteiger partial charge in [0.2, 0.25) is 0 Å². The number of benzene rings is 1. The molecule has 2 aromatic rings. The summed E-state index contributed by atoms with van der Waals surface area (Å²) in [7, 11) is 0. The number of thiophene rings is 1. The molecular weight excluding hydrogens is 258 g/mol. The van der Waals surface area contributed by atoms with Crippen LogP contribution in [0.5, 0.6) is 0 Å². The van der Waals surface area contributed by atoms with Crippen molar-refractivity contribution >= 4 is 23.0 Å². The second kappa shape index (κ2) is 5.89. The highest BCUT2D eigenvalue weighted by Crippen LogP contribution is 2.22. The Morgan fingerprint density at radius 1 is 1.37 bits per heavy atom. The van der Waals surface area contributed by atoms with Crippen molar-refractivity contribution in [2.24, 2.45) is 0 Å². The van der Waals surface area contributed by atoms with E-state index in [0.717, 1.165) is 12.0 Å². The molecule has 3 nitrogen and oxygen atoms in total. The van der Waals surface area contributed by atoms with Crippen molar-refractivity contribution in [1.82, 2.24) is 0 Å². The van der Waals surface area contributed by atoms with Gasteiger partial charge < -0.3 is 10.4 Å². The van der Waals surface area contributed by atoms with Crippen LogP contribution in [-0.2, 0) is 13.0 Å². The van der Waals surface area contributed by atoms with Crippen LogP contribution in [0.1, 0.15) is 33.3 Å². The lowest BCUT2D eigenvalue weighted by Crippen LogP contribution is -2.06. The Hall–Kier alpha value is -1.81. The van der Waals surface area contributed by atoms with Gasteiger partial charge in [-0.2, -0.15) is 0 Å². The first kappa shape index (κ1) is 13.6. The minimum absolute atomic E-state index is 0.328. The molecule has 100 valence electrons. The number of hydrogen-bond donors (Lipinski definition) is 2. The maximum atomic E-state index is 11.2. The zero-order valence-corrected chi connectivity index (χ0v) is 11.9. The maximum Gasteiger partial charge on any atom is 0.337 e. The fourth-order valence-electron chi connectivity index (χ4n) is 2.00. The number of anilines is 1. The molecule has 0 fully saturated rings. The van der Waals surface area contributed by atoms with Crippen LogP contribution in [0.2, 0.25) is 0 Å². The monoisotopic (exact) mass is 275 g/mol. The van der Waals surface area contributed by atoms with Crippen molar-refractivity contribution in [3.05, 3.63) is 51.2 Å². The van der Waals surface area contributed by atoms with Gasteiger partial charge in [-0.05, 0) is 42.5 Å². The second-order valence-electron chi connectivity index (χ2n) is 4.43. The van der Waals surface area contributed by atoms with Crippen molar-refractivity contribution in [2.45, 2.75) is 26.8 Å². The SMILES string of the molecule is CCc1ccsc1CNc1ccc(C)cc1C(=O)O. The van der Waals surface area contributed by atoms with Crippen LogP contribution in [0.3, 0.4) is 0 Å². The molecule has 1 aromatic carbocycles. The van der Waals surface area contributed by atoms with Crippen molar-refractivity contribution in [3.63, 3.8) is 0 Å². The van der Waals surface area contributed by atoms with E-state index >= 15 is 0 Å². The molecule has 0 saturated carbocycles. The normalized spacial score (nSPS) is 10.4. The lowest BCUT2D eigenvalue weighted by molar-refractivity contribution is 0.0698. The number of aryl methyl sites for hydroxylation is 2. The summed E-state index contributed by atoms with van der Waals surface area (Å²) >= 11 is 1.70. The van der Waals surface area contributed by atoms with Gasteiger partial charge >= 0.3 is 5.97 Å². The van der Waals surface area contributed by atoms with Gasteiger partial charge in [-0.25, -0.2) is 4.79 Å². The Balaban J connectivity index is 2.18. The average molecular weight is 275 g/mol. The van der Waals surface area contributed by atoms with Crippen LogP contribution >= 0.6 is 11.3 Å². The number of carboxylic acids is 1. The Morgan fingerprint density at radius 3 is 2.84 bits per heavy atom. The molecule has 2 N–H and O–H groups in total. The molecule has 0 spiro atoms. The van der Waals surface area contributed by atoms with Crippen LogP contribution in [0.4, 0.5) is 5.69 Å². The van der Waals surface area contributed by atoms with Crippen LogP contribution in [0.25, 0.3) is 0 Å². The fourth-order valence-corrected chi connectivity index (χ4v) is 2.92. The second-order valence-corrected chi connectivity index (χ2v) is 5.43. The highest BCUT2D eigenvalue weighted by molar-refractivity contribution is 7.10. The lowest BCUT2D eigenvalue weighted by atomic mass is 10.1. The van der Waals surface area contributed by atoms with E-state index in [0.29, 0.717) is 17.8 Å². The maximum absolute atomic E-state index is 11.2. The van der Waals surface area contributed by atoms with Crippen LogP contribution in [0, 0.1) is 6.92 Å². The molecule has 0 aliphatic rings. The number of carbonyl (C=O) groups is 1. The van der Waals surface area contributed by atoms with Gasteiger partial charge in [-0.1, -0.05) is 18.6 Å². The lowest BCUT2D eigenvalue weighted by Gasteiger charge is -2.10. The Bertz CT molecular complexity index is 590. The Labute approximate surface area is 116 Å². The van der Waals surface area contributed by atoms with Crippen molar-refractivity contribution in [2.75, 3.05) is 5.32 Å². The van der Waals surface area contributed by atoms with E-state index in [-0.39, 0.29) is 0 Å². The highest BCUT2D eigenvalue weighted by Gasteiger charge is 2.10. The molecular formula is C15H17NO2S. The molecule has 0 aliphatic carbocycles. The van der Waals surface area contributed by atoms with E-state index in [9.17, 15) is 9.90 Å². The summed E-state index contributed by atoms with van der Waals surface area (Å²) in [5.41, 5.74) is 3.28. The van der Waals surface area contributed by atoms with Crippen molar-refractivity contribution in [3.8, 4) is 0 Å². The van der Waals surface area contributed by atoms with Crippen LogP contribution < -0.4 is 5.32 Å². The number of nitrogens with one attached hydrogen (secondary N) is 1. The van der Waals surface area contributed by atoms with E-state index in [2.05, 4.69) is 23.7 Å². The quantitative estimate of drug-likeness (QED) is 0.869. The zero-order chi connectivity index (χ0) is 13.8. The fraction of sp³-hybridized carbons (Fsp3) is 0.267. The first-order valence-electron chi connectivity index (χ1n) is 6.25. The number of aromatic carboxylic acids is 1. The largest absolute Gasteiger partial charge is 0.478 e. The first-order chi connectivity index (χ1) is 9.11. The smallest absolute Gasteiger partial charge is 0.337 e. The summed E-state index contributed by atoms with van der Waals surface area (Å²) in [4.78, 5) is 12.5. The van der Waals surface area contributed by atoms with Crippen molar-refractivity contribution < 1.29 is 9.90 Å². The summed E-state index contributed by atoms with van der Waals surface area (Å²) in [6, 6.07) is 7.57. The third kappa shape index (κ3) is 3.15.